The molecule has 2 N–H and O–H groups in total. The average Bonchev–Trinajstić information content (AvgIpc) is 2.18. The molecular weight excluding hydrogens is 200 g/mol. The molecule has 1 rings (SSSR count). The lowest BCUT2D eigenvalue weighted by Gasteiger charge is -2.08. The molecule has 76 valence electrons. The van der Waals surface area contributed by atoms with Gasteiger partial charge in [0.2, 0.25) is 0 Å². The van der Waals surface area contributed by atoms with Crippen LogP contribution in [0.25, 0.3) is 0 Å². The van der Waals surface area contributed by atoms with E-state index in [4.69, 9.17) is 5.11 Å². The molecule has 1 atom stereocenters. The lowest BCUT2D eigenvalue weighted by Crippen LogP contribution is -2.22. The number of thioether (sulfide) groups is 1. The van der Waals surface area contributed by atoms with E-state index in [0.717, 1.165) is 10.5 Å². The predicted molar refractivity (Wildman–Crippen MR) is 55.6 cm³/mol. The molecule has 0 heterocycles. The van der Waals surface area contributed by atoms with Crippen molar-refractivity contribution in [3.63, 3.8) is 0 Å². The van der Waals surface area contributed by atoms with Gasteiger partial charge in [-0.3, -0.25) is 0 Å². The standard InChI is InChI=1S/C10H12O3S/c1-14-9-5-3-2-4-7(9)6-8(11)10(12)13/h2-5,8,11H,6H2,1H3,(H,12,13). The van der Waals surface area contributed by atoms with Crippen LogP contribution in [0.4, 0.5) is 0 Å². The summed E-state index contributed by atoms with van der Waals surface area (Å²) in [5.74, 6) is -1.18. The Balaban J connectivity index is 2.80. The minimum atomic E-state index is -1.32. The molecule has 1 aromatic rings. The fraction of sp³-hybridized carbons (Fsp3) is 0.300. The Morgan fingerprint density at radius 3 is 2.71 bits per heavy atom. The highest BCUT2D eigenvalue weighted by atomic mass is 32.2. The molecule has 0 radical (unpaired) electrons. The molecule has 0 fully saturated rings. The number of rotatable bonds is 4. The predicted octanol–water partition coefficient (Wildman–Crippen LogP) is 1.40. The normalized spacial score (nSPS) is 12.4. The minimum absolute atomic E-state index is 0.159. The minimum Gasteiger partial charge on any atom is -0.479 e. The van der Waals surface area contributed by atoms with E-state index in [9.17, 15) is 9.90 Å². The molecule has 0 bridgehead atoms. The number of hydrogen-bond acceptors (Lipinski definition) is 3. The highest BCUT2D eigenvalue weighted by Crippen LogP contribution is 2.20. The summed E-state index contributed by atoms with van der Waals surface area (Å²) in [6.45, 7) is 0. The van der Waals surface area contributed by atoms with Crippen LogP contribution in [-0.2, 0) is 11.2 Å². The second kappa shape index (κ2) is 5.02. The zero-order chi connectivity index (χ0) is 10.6. The number of aliphatic hydroxyl groups excluding tert-OH is 1. The average molecular weight is 212 g/mol. The fourth-order valence-corrected chi connectivity index (χ4v) is 1.80. The van der Waals surface area contributed by atoms with E-state index in [2.05, 4.69) is 0 Å². The van der Waals surface area contributed by atoms with Gasteiger partial charge in [-0.25, -0.2) is 4.79 Å². The van der Waals surface area contributed by atoms with E-state index in [1.165, 1.54) is 0 Å². The van der Waals surface area contributed by atoms with E-state index in [-0.39, 0.29) is 6.42 Å². The molecule has 1 unspecified atom stereocenters. The Hall–Kier alpha value is -1.00. The molecule has 0 spiro atoms. The summed E-state index contributed by atoms with van der Waals surface area (Å²) in [4.78, 5) is 11.5. The third kappa shape index (κ3) is 2.75. The third-order valence-corrected chi connectivity index (χ3v) is 2.73. The number of carboxylic acids is 1. The number of benzene rings is 1. The molecule has 3 nitrogen and oxygen atoms in total. The first kappa shape index (κ1) is 11.1. The van der Waals surface area contributed by atoms with Gasteiger partial charge in [0.1, 0.15) is 0 Å². The molecule has 0 saturated heterocycles. The summed E-state index contributed by atoms with van der Waals surface area (Å²) in [5.41, 5.74) is 0.870. The Morgan fingerprint density at radius 2 is 2.14 bits per heavy atom. The molecule has 1 aromatic carbocycles. The molecule has 0 amide bonds. The fourth-order valence-electron chi connectivity index (χ4n) is 1.17. The smallest absolute Gasteiger partial charge is 0.332 e. The van der Waals surface area contributed by atoms with E-state index in [0.29, 0.717) is 0 Å². The Morgan fingerprint density at radius 1 is 1.50 bits per heavy atom. The van der Waals surface area contributed by atoms with Crippen LogP contribution in [0.2, 0.25) is 0 Å². The van der Waals surface area contributed by atoms with E-state index in [1.807, 2.05) is 30.5 Å². The van der Waals surface area contributed by atoms with Crippen LogP contribution in [0, 0.1) is 0 Å². The van der Waals surface area contributed by atoms with Gasteiger partial charge in [-0.15, -0.1) is 11.8 Å². The number of aliphatic hydroxyl groups is 1. The molecule has 0 aliphatic heterocycles. The monoisotopic (exact) mass is 212 g/mol. The van der Waals surface area contributed by atoms with Crippen LogP contribution < -0.4 is 0 Å². The Bertz CT molecular complexity index is 325. The van der Waals surface area contributed by atoms with Crippen molar-refractivity contribution in [3.8, 4) is 0 Å². The number of aliphatic carboxylic acids is 1. The van der Waals surface area contributed by atoms with Crippen LogP contribution in [0.5, 0.6) is 0 Å². The molecule has 4 heteroatoms. The van der Waals surface area contributed by atoms with Gasteiger partial charge in [0.25, 0.3) is 0 Å². The van der Waals surface area contributed by atoms with E-state index < -0.39 is 12.1 Å². The largest absolute Gasteiger partial charge is 0.479 e. The highest BCUT2D eigenvalue weighted by Gasteiger charge is 2.15. The quantitative estimate of drug-likeness (QED) is 0.741. The summed E-state index contributed by atoms with van der Waals surface area (Å²) in [6.07, 6.45) is 0.765. The maximum atomic E-state index is 10.4. The third-order valence-electron chi connectivity index (χ3n) is 1.89. The van der Waals surface area contributed by atoms with Gasteiger partial charge >= 0.3 is 5.97 Å². The van der Waals surface area contributed by atoms with Crippen molar-refractivity contribution in [2.45, 2.75) is 17.4 Å². The first-order valence-corrected chi connectivity index (χ1v) is 5.40. The van der Waals surface area contributed by atoms with Crippen molar-refractivity contribution in [1.29, 1.82) is 0 Å². The van der Waals surface area contributed by atoms with Gasteiger partial charge in [0, 0.05) is 11.3 Å². The van der Waals surface area contributed by atoms with Gasteiger partial charge in [0.15, 0.2) is 6.10 Å². The van der Waals surface area contributed by atoms with Crippen LogP contribution in [0.1, 0.15) is 5.56 Å². The summed E-state index contributed by atoms with van der Waals surface area (Å²) in [7, 11) is 0. The first-order valence-electron chi connectivity index (χ1n) is 4.18. The Labute approximate surface area is 86.8 Å². The Kier molecular flexibility index (Phi) is 3.98. The molecule has 0 aromatic heterocycles. The van der Waals surface area contributed by atoms with Crippen LogP contribution >= 0.6 is 11.8 Å². The van der Waals surface area contributed by atoms with E-state index >= 15 is 0 Å². The van der Waals surface area contributed by atoms with Crippen LogP contribution in [0.15, 0.2) is 29.2 Å². The van der Waals surface area contributed by atoms with Gasteiger partial charge in [0.05, 0.1) is 0 Å². The van der Waals surface area contributed by atoms with Crippen molar-refractivity contribution in [3.05, 3.63) is 29.8 Å². The van der Waals surface area contributed by atoms with Crippen LogP contribution in [0.3, 0.4) is 0 Å². The number of hydrogen-bond donors (Lipinski definition) is 2. The lowest BCUT2D eigenvalue weighted by molar-refractivity contribution is -0.146. The van der Waals surface area contributed by atoms with Crippen molar-refractivity contribution in [2.24, 2.45) is 0 Å². The molecule has 0 aliphatic rings. The maximum absolute atomic E-state index is 10.4. The maximum Gasteiger partial charge on any atom is 0.332 e. The lowest BCUT2D eigenvalue weighted by atomic mass is 10.1. The van der Waals surface area contributed by atoms with Crippen molar-refractivity contribution in [1.82, 2.24) is 0 Å². The van der Waals surface area contributed by atoms with Gasteiger partial charge in [-0.2, -0.15) is 0 Å². The van der Waals surface area contributed by atoms with Crippen LogP contribution in [-0.4, -0.2) is 28.5 Å². The van der Waals surface area contributed by atoms with Crippen molar-refractivity contribution < 1.29 is 15.0 Å². The zero-order valence-electron chi connectivity index (χ0n) is 7.80. The van der Waals surface area contributed by atoms with Crippen molar-refractivity contribution in [2.75, 3.05) is 6.26 Å². The number of carbonyl (C=O) groups is 1. The SMILES string of the molecule is CSc1ccccc1CC(O)C(=O)O. The molecular formula is C10H12O3S. The summed E-state index contributed by atoms with van der Waals surface area (Å²) < 4.78 is 0. The zero-order valence-corrected chi connectivity index (χ0v) is 8.62. The molecule has 0 saturated carbocycles. The summed E-state index contributed by atoms with van der Waals surface area (Å²) in [6, 6.07) is 7.47. The van der Waals surface area contributed by atoms with Gasteiger partial charge < -0.3 is 10.2 Å². The second-order valence-corrected chi connectivity index (χ2v) is 3.72. The second-order valence-electron chi connectivity index (χ2n) is 2.87. The highest BCUT2D eigenvalue weighted by molar-refractivity contribution is 7.98. The summed E-state index contributed by atoms with van der Waals surface area (Å²) in [5, 5.41) is 17.7. The topological polar surface area (TPSA) is 57.5 Å². The van der Waals surface area contributed by atoms with Gasteiger partial charge in [-0.05, 0) is 17.9 Å². The van der Waals surface area contributed by atoms with E-state index in [1.54, 1.807) is 11.8 Å². The first-order chi connectivity index (χ1) is 6.65. The molecule has 0 aliphatic carbocycles. The number of carboxylic acid groups (broad SMARTS) is 1. The van der Waals surface area contributed by atoms with Crippen molar-refractivity contribution >= 4 is 17.7 Å². The molecule has 14 heavy (non-hydrogen) atoms. The van der Waals surface area contributed by atoms with Gasteiger partial charge in [-0.1, -0.05) is 18.2 Å². The summed E-state index contributed by atoms with van der Waals surface area (Å²) >= 11 is 1.55.